The lowest BCUT2D eigenvalue weighted by atomic mass is 10.0. The average Bonchev–Trinajstić information content (AvgIpc) is 3.40. The number of aromatic nitrogens is 3. The van der Waals surface area contributed by atoms with Gasteiger partial charge in [-0.1, -0.05) is 36.4 Å². The van der Waals surface area contributed by atoms with Crippen molar-refractivity contribution in [2.75, 3.05) is 34.4 Å². The van der Waals surface area contributed by atoms with Crippen LogP contribution in [0.5, 0.6) is 11.5 Å². The minimum atomic E-state index is -0.731. The molecule has 0 saturated carbocycles. The van der Waals surface area contributed by atoms with Gasteiger partial charge >= 0.3 is 5.97 Å². The molecule has 0 radical (unpaired) electrons. The summed E-state index contributed by atoms with van der Waals surface area (Å²) >= 11 is 0. The molecule has 0 unspecified atom stereocenters. The monoisotopic (exact) mass is 605 g/mol. The van der Waals surface area contributed by atoms with Crippen LogP contribution < -0.4 is 15.0 Å². The Balaban J connectivity index is 1.77. The van der Waals surface area contributed by atoms with Crippen LogP contribution in [0.15, 0.2) is 83.9 Å². The number of benzene rings is 2. The van der Waals surface area contributed by atoms with Crippen LogP contribution in [-0.2, 0) is 24.2 Å². The first-order chi connectivity index (χ1) is 21.9. The van der Waals surface area contributed by atoms with E-state index < -0.39 is 11.5 Å². The van der Waals surface area contributed by atoms with Crippen molar-refractivity contribution in [3.05, 3.63) is 118 Å². The van der Waals surface area contributed by atoms with Crippen LogP contribution in [0.4, 0.5) is 0 Å². The summed E-state index contributed by atoms with van der Waals surface area (Å²) in [7, 11) is 5.13. The predicted molar refractivity (Wildman–Crippen MR) is 171 cm³/mol. The van der Waals surface area contributed by atoms with Gasteiger partial charge in [0.05, 0.1) is 33.1 Å². The fourth-order valence-corrected chi connectivity index (χ4v) is 5.49. The third-order valence-electron chi connectivity index (χ3n) is 7.65. The molecular weight excluding hydrogens is 570 g/mol. The SMILES string of the molecule is CCOC(=O)c1cn(Cc2ccccc2OC)c2c(C#N)c(-c3ccc(OC)cc3)c(CN(C)CCc3ccccn3)n2c1=O. The summed E-state index contributed by atoms with van der Waals surface area (Å²) in [6.45, 7) is 2.99. The molecule has 0 amide bonds. The van der Waals surface area contributed by atoms with E-state index in [4.69, 9.17) is 14.2 Å². The number of carbonyl (C=O) groups is 1. The van der Waals surface area contributed by atoms with E-state index in [1.54, 1.807) is 31.9 Å². The summed E-state index contributed by atoms with van der Waals surface area (Å²) < 4.78 is 19.5. The molecule has 230 valence electrons. The van der Waals surface area contributed by atoms with Gasteiger partial charge in [0.2, 0.25) is 0 Å². The molecule has 0 aliphatic carbocycles. The number of fused-ring (bicyclic) bond motifs is 1. The number of esters is 1. The molecule has 0 fully saturated rings. The number of nitriles is 1. The van der Waals surface area contributed by atoms with Crippen molar-refractivity contribution in [3.63, 3.8) is 0 Å². The lowest BCUT2D eigenvalue weighted by Crippen LogP contribution is -2.30. The topological polar surface area (TPSA) is 111 Å². The maximum absolute atomic E-state index is 14.2. The first kappa shape index (κ1) is 31.0. The summed E-state index contributed by atoms with van der Waals surface area (Å²) in [5.41, 5.74) is 3.70. The minimum Gasteiger partial charge on any atom is -0.497 e. The summed E-state index contributed by atoms with van der Waals surface area (Å²) in [6, 6.07) is 23.1. The molecular formula is C35H35N5O5. The number of ether oxygens (including phenoxy) is 3. The van der Waals surface area contributed by atoms with Gasteiger partial charge in [0.1, 0.15) is 34.3 Å². The van der Waals surface area contributed by atoms with Crippen LogP contribution in [-0.4, -0.2) is 59.2 Å². The van der Waals surface area contributed by atoms with E-state index in [-0.39, 0.29) is 18.7 Å². The smallest absolute Gasteiger partial charge is 0.345 e. The number of pyridine rings is 1. The summed E-state index contributed by atoms with van der Waals surface area (Å²) in [6.07, 6.45) is 3.93. The molecule has 0 spiro atoms. The molecule has 0 saturated heterocycles. The van der Waals surface area contributed by atoms with Crippen molar-refractivity contribution < 1.29 is 19.0 Å². The molecule has 0 aliphatic rings. The number of para-hydroxylation sites is 1. The van der Waals surface area contributed by atoms with E-state index in [1.807, 2.05) is 73.8 Å². The number of hydrogen-bond acceptors (Lipinski definition) is 8. The normalized spacial score (nSPS) is 11.0. The van der Waals surface area contributed by atoms with Gasteiger partial charge in [-0.25, -0.2) is 4.79 Å². The highest BCUT2D eigenvalue weighted by Gasteiger charge is 2.28. The number of nitrogens with zero attached hydrogens (tertiary/aromatic N) is 5. The molecule has 0 bridgehead atoms. The van der Waals surface area contributed by atoms with Crippen molar-refractivity contribution in [2.45, 2.75) is 26.4 Å². The van der Waals surface area contributed by atoms with Crippen LogP contribution >= 0.6 is 0 Å². The first-order valence-electron chi connectivity index (χ1n) is 14.6. The van der Waals surface area contributed by atoms with Crippen molar-refractivity contribution in [3.8, 4) is 28.7 Å². The highest BCUT2D eigenvalue weighted by atomic mass is 16.5. The maximum atomic E-state index is 14.2. The number of rotatable bonds is 12. The van der Waals surface area contributed by atoms with Crippen molar-refractivity contribution in [2.24, 2.45) is 0 Å². The number of likely N-dealkylation sites (N-methyl/N-ethyl adjacent to an activating group) is 1. The highest BCUT2D eigenvalue weighted by molar-refractivity contribution is 5.90. The van der Waals surface area contributed by atoms with Gasteiger partial charge in [-0.15, -0.1) is 0 Å². The Morgan fingerprint density at radius 1 is 1.02 bits per heavy atom. The standard InChI is InChI=1S/C35H35N5O5/c1-5-45-35(42)29-22-39(21-25-10-6-7-12-31(25)44-4)33-28(20-36)32(24-13-15-27(43-3)16-14-24)30(40(33)34(29)41)23-38(2)19-17-26-11-8-9-18-37-26/h6-16,18,22H,5,17,19,21,23H2,1-4H3. The van der Waals surface area contributed by atoms with Crippen molar-refractivity contribution >= 4 is 11.6 Å². The first-order valence-corrected chi connectivity index (χ1v) is 14.6. The maximum Gasteiger partial charge on any atom is 0.345 e. The lowest BCUT2D eigenvalue weighted by Gasteiger charge is -2.19. The van der Waals surface area contributed by atoms with Crippen LogP contribution in [0.25, 0.3) is 16.8 Å². The van der Waals surface area contributed by atoms with E-state index in [0.29, 0.717) is 53.5 Å². The third kappa shape index (κ3) is 6.44. The highest BCUT2D eigenvalue weighted by Crippen LogP contribution is 2.35. The molecule has 0 atom stereocenters. The third-order valence-corrected chi connectivity index (χ3v) is 7.65. The van der Waals surface area contributed by atoms with Gasteiger partial charge in [0.25, 0.3) is 5.56 Å². The number of carbonyl (C=O) groups excluding carboxylic acids is 1. The van der Waals surface area contributed by atoms with Gasteiger partial charge in [-0.2, -0.15) is 5.26 Å². The molecule has 0 aliphatic heterocycles. The minimum absolute atomic E-state index is 0.109. The van der Waals surface area contributed by atoms with E-state index in [0.717, 1.165) is 16.8 Å². The van der Waals surface area contributed by atoms with Crippen molar-refractivity contribution in [1.82, 2.24) is 18.9 Å². The average molecular weight is 606 g/mol. The second-order valence-electron chi connectivity index (χ2n) is 10.5. The molecule has 0 N–H and O–H groups in total. The zero-order valence-electron chi connectivity index (χ0n) is 25.8. The van der Waals surface area contributed by atoms with Crippen LogP contribution in [0.2, 0.25) is 0 Å². The molecule has 10 heteroatoms. The van der Waals surface area contributed by atoms with Gasteiger partial charge in [0, 0.05) is 48.7 Å². The molecule has 3 heterocycles. The Morgan fingerprint density at radius 2 is 1.78 bits per heavy atom. The summed E-state index contributed by atoms with van der Waals surface area (Å²) in [5, 5.41) is 10.7. The Morgan fingerprint density at radius 3 is 2.44 bits per heavy atom. The molecule has 10 nitrogen and oxygen atoms in total. The molecule has 5 aromatic rings. The summed E-state index contributed by atoms with van der Waals surface area (Å²) in [5.74, 6) is 0.572. The van der Waals surface area contributed by atoms with Gasteiger partial charge in [0.15, 0.2) is 0 Å². The Kier molecular flexibility index (Phi) is 9.61. The fourth-order valence-electron chi connectivity index (χ4n) is 5.49. The Bertz CT molecular complexity index is 1910. The lowest BCUT2D eigenvalue weighted by molar-refractivity contribution is 0.0523. The Hall–Kier alpha value is -5.40. The second-order valence-corrected chi connectivity index (χ2v) is 10.5. The zero-order chi connectivity index (χ0) is 31.9. The summed E-state index contributed by atoms with van der Waals surface area (Å²) in [4.78, 5) is 33.9. The van der Waals surface area contributed by atoms with Crippen molar-refractivity contribution in [1.29, 1.82) is 5.26 Å². The van der Waals surface area contributed by atoms with Crippen LogP contribution in [0, 0.1) is 11.3 Å². The van der Waals surface area contributed by atoms with Gasteiger partial charge < -0.3 is 23.7 Å². The van der Waals surface area contributed by atoms with Gasteiger partial charge in [-0.3, -0.25) is 14.2 Å². The molecule has 5 rings (SSSR count). The largest absolute Gasteiger partial charge is 0.497 e. The second kappa shape index (κ2) is 13.9. The molecule has 2 aromatic carbocycles. The number of hydrogen-bond donors (Lipinski definition) is 0. The predicted octanol–water partition coefficient (Wildman–Crippen LogP) is 4.95. The van der Waals surface area contributed by atoms with E-state index >= 15 is 0 Å². The fraction of sp³-hybridized carbons (Fsp3) is 0.257. The van der Waals surface area contributed by atoms with Gasteiger partial charge in [-0.05, 0) is 49.9 Å². The Labute approximate surface area is 261 Å². The van der Waals surface area contributed by atoms with Crippen LogP contribution in [0.1, 0.15) is 39.8 Å². The van der Waals surface area contributed by atoms with E-state index in [9.17, 15) is 14.9 Å². The number of methoxy groups -OCH3 is 2. The zero-order valence-corrected chi connectivity index (χ0v) is 25.8. The molecule has 3 aromatic heterocycles. The quantitative estimate of drug-likeness (QED) is 0.184. The molecule has 45 heavy (non-hydrogen) atoms. The van der Waals surface area contributed by atoms with E-state index in [2.05, 4.69) is 16.0 Å². The van der Waals surface area contributed by atoms with Crippen LogP contribution in [0.3, 0.4) is 0 Å². The van der Waals surface area contributed by atoms with E-state index in [1.165, 1.54) is 10.6 Å².